The van der Waals surface area contributed by atoms with Crippen LogP contribution in [0.1, 0.15) is 26.6 Å². The fourth-order valence-corrected chi connectivity index (χ4v) is 3.00. The van der Waals surface area contributed by atoms with E-state index in [1.165, 1.54) is 0 Å². The Morgan fingerprint density at radius 2 is 1.89 bits per heavy atom. The van der Waals surface area contributed by atoms with Crippen molar-refractivity contribution in [2.75, 3.05) is 32.8 Å². The van der Waals surface area contributed by atoms with E-state index in [2.05, 4.69) is 25.7 Å². The number of aromatic nitrogens is 4. The number of carbonyl (C=O) groups excluding carboxylic acids is 1. The fourth-order valence-electron chi connectivity index (χ4n) is 3.00. The molecule has 1 aliphatic heterocycles. The highest BCUT2D eigenvalue weighted by Crippen LogP contribution is 2.16. The van der Waals surface area contributed by atoms with Crippen molar-refractivity contribution in [3.63, 3.8) is 0 Å². The smallest absolute Gasteiger partial charge is 0.317 e. The summed E-state index contributed by atoms with van der Waals surface area (Å²) in [6.45, 7) is 10.1. The average molecular weight is 373 g/mol. The fraction of sp³-hybridized carbons (Fsp3) is 0.556. The Bertz CT molecular complexity index is 736. The van der Waals surface area contributed by atoms with E-state index in [4.69, 9.17) is 4.74 Å². The number of rotatable bonds is 6. The van der Waals surface area contributed by atoms with E-state index in [-0.39, 0.29) is 12.1 Å². The molecule has 27 heavy (non-hydrogen) atoms. The van der Waals surface area contributed by atoms with Crippen LogP contribution < -0.4 is 10.1 Å². The third-order valence-electron chi connectivity index (χ3n) is 4.36. The van der Waals surface area contributed by atoms with E-state index in [9.17, 15) is 4.79 Å². The highest BCUT2D eigenvalue weighted by Gasteiger charge is 2.23. The molecule has 0 spiro atoms. The molecule has 0 saturated carbocycles. The third kappa shape index (κ3) is 4.94. The molecule has 3 rings (SSSR count). The van der Waals surface area contributed by atoms with Gasteiger partial charge >= 0.3 is 6.03 Å². The number of piperazine rings is 1. The maximum atomic E-state index is 12.1. The Hall–Kier alpha value is -2.68. The summed E-state index contributed by atoms with van der Waals surface area (Å²) in [6.07, 6.45) is 0. The van der Waals surface area contributed by atoms with Gasteiger partial charge in [-0.05, 0) is 55.5 Å². The summed E-state index contributed by atoms with van der Waals surface area (Å²) in [5.41, 5.74) is 0.897. The lowest BCUT2D eigenvalue weighted by molar-refractivity contribution is 0.132. The Kier molecular flexibility index (Phi) is 6.23. The normalized spacial score (nSPS) is 15.2. The molecule has 1 aromatic heterocycles. The van der Waals surface area contributed by atoms with E-state index >= 15 is 0 Å². The molecular weight excluding hydrogens is 346 g/mol. The standard InChI is InChI=1S/C18H27N7O2/c1-4-27-16-7-5-15(6-8-16)25-17(20-21-22-25)13-23-9-11-24(12-10-23)18(26)19-14(2)3/h5-8,14H,4,9-13H2,1-3H3,(H,19,26). The van der Waals surface area contributed by atoms with Crippen LogP contribution in [-0.4, -0.2) is 74.9 Å². The molecule has 1 fully saturated rings. The van der Waals surface area contributed by atoms with E-state index < -0.39 is 0 Å². The van der Waals surface area contributed by atoms with Gasteiger partial charge in [-0.2, -0.15) is 4.68 Å². The summed E-state index contributed by atoms with van der Waals surface area (Å²) < 4.78 is 7.22. The highest BCUT2D eigenvalue weighted by molar-refractivity contribution is 5.74. The van der Waals surface area contributed by atoms with E-state index in [1.807, 2.05) is 49.9 Å². The second kappa shape index (κ2) is 8.81. The molecule has 0 unspecified atom stereocenters. The van der Waals surface area contributed by atoms with Crippen LogP contribution in [0.25, 0.3) is 5.69 Å². The van der Waals surface area contributed by atoms with Gasteiger partial charge in [0.2, 0.25) is 0 Å². The van der Waals surface area contributed by atoms with Crippen molar-refractivity contribution in [2.24, 2.45) is 0 Å². The molecule has 1 aliphatic rings. The summed E-state index contributed by atoms with van der Waals surface area (Å²) in [4.78, 5) is 16.2. The van der Waals surface area contributed by atoms with Crippen LogP contribution in [-0.2, 0) is 6.54 Å². The molecule has 1 aromatic carbocycles. The van der Waals surface area contributed by atoms with Crippen LogP contribution in [0.4, 0.5) is 4.79 Å². The van der Waals surface area contributed by atoms with Crippen LogP contribution in [0.15, 0.2) is 24.3 Å². The Labute approximate surface area is 159 Å². The summed E-state index contributed by atoms with van der Waals surface area (Å²) in [6, 6.07) is 7.86. The number of benzene rings is 1. The minimum atomic E-state index is 0.00358. The molecular formula is C18H27N7O2. The molecule has 2 amide bonds. The van der Waals surface area contributed by atoms with Crippen molar-refractivity contribution >= 4 is 6.03 Å². The zero-order valence-corrected chi connectivity index (χ0v) is 16.1. The van der Waals surface area contributed by atoms with Crippen LogP contribution in [0.5, 0.6) is 5.75 Å². The van der Waals surface area contributed by atoms with Crippen LogP contribution in [0, 0.1) is 0 Å². The Balaban J connectivity index is 1.58. The van der Waals surface area contributed by atoms with Crippen molar-refractivity contribution in [2.45, 2.75) is 33.4 Å². The molecule has 9 nitrogen and oxygen atoms in total. The van der Waals surface area contributed by atoms with Gasteiger partial charge < -0.3 is 15.0 Å². The number of hydrogen-bond acceptors (Lipinski definition) is 6. The first-order chi connectivity index (χ1) is 13.1. The largest absolute Gasteiger partial charge is 0.494 e. The second-order valence-electron chi connectivity index (χ2n) is 6.80. The van der Waals surface area contributed by atoms with Crippen molar-refractivity contribution in [1.29, 1.82) is 0 Å². The minimum absolute atomic E-state index is 0.00358. The predicted octanol–water partition coefficient (Wildman–Crippen LogP) is 1.30. The molecule has 146 valence electrons. The topological polar surface area (TPSA) is 88.4 Å². The van der Waals surface area contributed by atoms with Gasteiger partial charge in [0.25, 0.3) is 0 Å². The van der Waals surface area contributed by atoms with Crippen LogP contribution in [0.3, 0.4) is 0 Å². The number of hydrogen-bond donors (Lipinski definition) is 1. The number of urea groups is 1. The monoisotopic (exact) mass is 373 g/mol. The number of ether oxygens (including phenoxy) is 1. The molecule has 2 heterocycles. The molecule has 0 bridgehead atoms. The summed E-state index contributed by atoms with van der Waals surface area (Å²) >= 11 is 0. The van der Waals surface area contributed by atoms with E-state index in [0.29, 0.717) is 26.2 Å². The maximum Gasteiger partial charge on any atom is 0.317 e. The first-order valence-corrected chi connectivity index (χ1v) is 9.35. The second-order valence-corrected chi connectivity index (χ2v) is 6.80. The van der Waals surface area contributed by atoms with Gasteiger partial charge in [0.05, 0.1) is 18.8 Å². The average Bonchev–Trinajstić information content (AvgIpc) is 3.11. The van der Waals surface area contributed by atoms with Crippen molar-refractivity contribution in [1.82, 2.24) is 35.3 Å². The van der Waals surface area contributed by atoms with Gasteiger partial charge in [0.1, 0.15) is 5.75 Å². The summed E-state index contributed by atoms with van der Waals surface area (Å²) in [5.74, 6) is 1.60. The molecule has 1 N–H and O–H groups in total. The Morgan fingerprint density at radius 1 is 1.19 bits per heavy atom. The van der Waals surface area contributed by atoms with Gasteiger partial charge in [0.15, 0.2) is 5.82 Å². The molecule has 9 heteroatoms. The SMILES string of the molecule is CCOc1ccc(-n2nnnc2CN2CCN(C(=O)NC(C)C)CC2)cc1. The van der Waals surface area contributed by atoms with Crippen molar-refractivity contribution < 1.29 is 9.53 Å². The quantitative estimate of drug-likeness (QED) is 0.821. The van der Waals surface area contributed by atoms with Gasteiger partial charge in [-0.1, -0.05) is 0 Å². The van der Waals surface area contributed by atoms with Crippen molar-refractivity contribution in [3.05, 3.63) is 30.1 Å². The molecule has 1 saturated heterocycles. The lowest BCUT2D eigenvalue weighted by Crippen LogP contribution is -2.52. The minimum Gasteiger partial charge on any atom is -0.494 e. The number of tetrazole rings is 1. The number of nitrogens with zero attached hydrogens (tertiary/aromatic N) is 6. The first kappa shape index (κ1) is 19.1. The maximum absolute atomic E-state index is 12.1. The molecule has 2 aromatic rings. The lowest BCUT2D eigenvalue weighted by Gasteiger charge is -2.34. The predicted molar refractivity (Wildman–Crippen MR) is 101 cm³/mol. The van der Waals surface area contributed by atoms with E-state index in [1.54, 1.807) is 4.68 Å². The van der Waals surface area contributed by atoms with E-state index in [0.717, 1.165) is 30.4 Å². The van der Waals surface area contributed by atoms with Crippen LogP contribution in [0.2, 0.25) is 0 Å². The number of amides is 2. The number of carbonyl (C=O) groups is 1. The molecule has 0 radical (unpaired) electrons. The third-order valence-corrected chi connectivity index (χ3v) is 4.36. The molecule has 0 atom stereocenters. The van der Waals surface area contributed by atoms with Gasteiger partial charge in [-0.15, -0.1) is 5.10 Å². The first-order valence-electron chi connectivity index (χ1n) is 9.35. The van der Waals surface area contributed by atoms with Crippen molar-refractivity contribution in [3.8, 4) is 11.4 Å². The van der Waals surface area contributed by atoms with Gasteiger partial charge in [-0.3, -0.25) is 4.90 Å². The summed E-state index contributed by atoms with van der Waals surface area (Å²) in [5, 5.41) is 15.1. The van der Waals surface area contributed by atoms with Crippen LogP contribution >= 0.6 is 0 Å². The highest BCUT2D eigenvalue weighted by atomic mass is 16.5. The Morgan fingerprint density at radius 3 is 2.52 bits per heavy atom. The zero-order valence-electron chi connectivity index (χ0n) is 16.1. The summed E-state index contributed by atoms with van der Waals surface area (Å²) in [7, 11) is 0. The van der Waals surface area contributed by atoms with Gasteiger partial charge in [0, 0.05) is 32.2 Å². The number of nitrogens with one attached hydrogen (secondary N) is 1. The molecule has 0 aliphatic carbocycles. The zero-order chi connectivity index (χ0) is 19.2. The lowest BCUT2D eigenvalue weighted by atomic mass is 10.3. The van der Waals surface area contributed by atoms with Gasteiger partial charge in [-0.25, -0.2) is 4.79 Å².